The number of likely N-dealkylation sites (tertiary alicyclic amines) is 1. The molecule has 0 aromatic heterocycles. The summed E-state index contributed by atoms with van der Waals surface area (Å²) in [6, 6.07) is 9.57. The van der Waals surface area contributed by atoms with E-state index in [-0.39, 0.29) is 17.7 Å². The first kappa shape index (κ1) is 15.3. The van der Waals surface area contributed by atoms with Gasteiger partial charge in [-0.05, 0) is 43.7 Å². The summed E-state index contributed by atoms with van der Waals surface area (Å²) in [7, 11) is 1.71. The van der Waals surface area contributed by atoms with Crippen molar-refractivity contribution in [1.82, 2.24) is 4.90 Å². The van der Waals surface area contributed by atoms with Crippen molar-refractivity contribution in [1.29, 1.82) is 0 Å². The van der Waals surface area contributed by atoms with Gasteiger partial charge in [0, 0.05) is 12.7 Å². The zero-order valence-corrected chi connectivity index (χ0v) is 13.3. The van der Waals surface area contributed by atoms with Crippen molar-refractivity contribution in [3.05, 3.63) is 48.6 Å². The molecule has 1 spiro atoms. The first-order valence-corrected chi connectivity index (χ1v) is 8.27. The van der Waals surface area contributed by atoms with E-state index in [1.54, 1.807) is 7.11 Å². The highest BCUT2D eigenvalue weighted by atomic mass is 16.5. The summed E-state index contributed by atoms with van der Waals surface area (Å²) in [5, 5.41) is 0. The molecule has 1 amide bonds. The summed E-state index contributed by atoms with van der Waals surface area (Å²) in [5.41, 5.74) is 0.646. The van der Waals surface area contributed by atoms with Crippen molar-refractivity contribution >= 4 is 5.91 Å². The minimum atomic E-state index is -0.117. The van der Waals surface area contributed by atoms with Crippen LogP contribution in [0.2, 0.25) is 0 Å². The molecule has 1 heterocycles. The number of hydrogen-bond donors (Lipinski definition) is 0. The predicted molar refractivity (Wildman–Crippen MR) is 87.5 cm³/mol. The van der Waals surface area contributed by atoms with E-state index >= 15 is 0 Å². The molecule has 1 saturated carbocycles. The minimum Gasteiger partial charge on any atom is -0.362 e. The van der Waals surface area contributed by atoms with Gasteiger partial charge in [-0.15, -0.1) is 6.58 Å². The van der Waals surface area contributed by atoms with Crippen LogP contribution in [0.5, 0.6) is 0 Å². The van der Waals surface area contributed by atoms with Crippen LogP contribution >= 0.6 is 0 Å². The number of ether oxygens (including phenoxy) is 1. The van der Waals surface area contributed by atoms with Crippen LogP contribution in [0.25, 0.3) is 0 Å². The number of hydrogen-bond acceptors (Lipinski definition) is 2. The van der Waals surface area contributed by atoms with Gasteiger partial charge in [0.25, 0.3) is 5.91 Å². The van der Waals surface area contributed by atoms with Crippen LogP contribution in [-0.4, -0.2) is 29.7 Å². The maximum atomic E-state index is 13.2. The Morgan fingerprint density at radius 2 is 2.05 bits per heavy atom. The summed E-state index contributed by atoms with van der Waals surface area (Å²) in [6.07, 6.45) is 8.46. The van der Waals surface area contributed by atoms with E-state index in [2.05, 4.69) is 12.7 Å². The molecule has 0 radical (unpaired) electrons. The standard InChI is InChI=1S/C19H25NO2/c1-3-16-11-7-8-13-19(16)14-12-17(22-2)20(19)18(21)15-9-5-4-6-10-15/h3-6,9-10,16-17H,1,7-8,11-14H2,2H3/t16-,17?,19+/m1/s1. The molecule has 2 fully saturated rings. The molecule has 1 aromatic rings. The minimum absolute atomic E-state index is 0.0960. The molecule has 1 aromatic carbocycles. The van der Waals surface area contributed by atoms with Crippen LogP contribution in [0, 0.1) is 5.92 Å². The van der Waals surface area contributed by atoms with E-state index < -0.39 is 0 Å². The smallest absolute Gasteiger partial charge is 0.256 e. The zero-order valence-electron chi connectivity index (χ0n) is 13.3. The molecular weight excluding hydrogens is 274 g/mol. The lowest BCUT2D eigenvalue weighted by Crippen LogP contribution is -2.56. The van der Waals surface area contributed by atoms with Crippen molar-refractivity contribution in [3.8, 4) is 0 Å². The van der Waals surface area contributed by atoms with Crippen LogP contribution in [0.15, 0.2) is 43.0 Å². The number of methoxy groups -OCH3 is 1. The van der Waals surface area contributed by atoms with Gasteiger partial charge in [-0.25, -0.2) is 0 Å². The van der Waals surface area contributed by atoms with E-state index in [0.717, 1.165) is 31.2 Å². The Kier molecular flexibility index (Phi) is 4.34. The Hall–Kier alpha value is -1.61. The average molecular weight is 299 g/mol. The summed E-state index contributed by atoms with van der Waals surface area (Å²) >= 11 is 0. The van der Waals surface area contributed by atoms with Crippen LogP contribution in [0.4, 0.5) is 0 Å². The van der Waals surface area contributed by atoms with Gasteiger partial charge in [0.2, 0.25) is 0 Å². The first-order valence-electron chi connectivity index (χ1n) is 8.27. The molecule has 3 rings (SSSR count). The lowest BCUT2D eigenvalue weighted by Gasteiger charge is -2.47. The number of benzene rings is 1. The molecular formula is C19H25NO2. The lowest BCUT2D eigenvalue weighted by molar-refractivity contribution is -0.0497. The molecule has 118 valence electrons. The third-order valence-electron chi connectivity index (χ3n) is 5.45. The first-order chi connectivity index (χ1) is 10.7. The predicted octanol–water partition coefficient (Wildman–Crippen LogP) is 4.01. The Labute approximate surface area is 133 Å². The van der Waals surface area contributed by atoms with E-state index in [1.807, 2.05) is 35.2 Å². The maximum Gasteiger partial charge on any atom is 0.256 e. The Balaban J connectivity index is 1.99. The van der Waals surface area contributed by atoms with Crippen molar-refractivity contribution in [3.63, 3.8) is 0 Å². The average Bonchev–Trinajstić information content (AvgIpc) is 2.94. The number of amides is 1. The van der Waals surface area contributed by atoms with Crippen LogP contribution in [0.1, 0.15) is 48.9 Å². The van der Waals surface area contributed by atoms with Gasteiger partial charge in [-0.2, -0.15) is 0 Å². The normalized spacial score (nSPS) is 31.4. The largest absolute Gasteiger partial charge is 0.362 e. The van der Waals surface area contributed by atoms with E-state index in [9.17, 15) is 4.79 Å². The van der Waals surface area contributed by atoms with Gasteiger partial charge < -0.3 is 9.64 Å². The number of rotatable bonds is 3. The van der Waals surface area contributed by atoms with Crippen molar-refractivity contribution in [2.24, 2.45) is 5.92 Å². The van der Waals surface area contributed by atoms with Gasteiger partial charge in [0.05, 0.1) is 5.54 Å². The highest BCUT2D eigenvalue weighted by molar-refractivity contribution is 5.95. The molecule has 0 bridgehead atoms. The SMILES string of the molecule is C=C[C@@H]1CCCC[C@]12CCC(OC)N2C(=O)c1ccccc1. The summed E-state index contributed by atoms with van der Waals surface area (Å²) in [6.45, 7) is 4.04. The van der Waals surface area contributed by atoms with Crippen LogP contribution < -0.4 is 0 Å². The van der Waals surface area contributed by atoms with E-state index in [0.29, 0.717) is 5.92 Å². The highest BCUT2D eigenvalue weighted by Gasteiger charge is 2.53. The second-order valence-electron chi connectivity index (χ2n) is 6.46. The quantitative estimate of drug-likeness (QED) is 0.789. The Morgan fingerprint density at radius 1 is 1.27 bits per heavy atom. The highest BCUT2D eigenvalue weighted by Crippen LogP contribution is 2.48. The van der Waals surface area contributed by atoms with E-state index in [4.69, 9.17) is 4.74 Å². The molecule has 3 heteroatoms. The fourth-order valence-corrected chi connectivity index (χ4v) is 4.38. The number of nitrogens with zero attached hydrogens (tertiary/aromatic N) is 1. The molecule has 1 aliphatic carbocycles. The molecule has 1 saturated heterocycles. The topological polar surface area (TPSA) is 29.5 Å². The number of carbonyl (C=O) groups is 1. The van der Waals surface area contributed by atoms with Crippen molar-refractivity contribution in [2.75, 3.05) is 7.11 Å². The fraction of sp³-hybridized carbons (Fsp3) is 0.526. The second-order valence-corrected chi connectivity index (χ2v) is 6.46. The molecule has 3 nitrogen and oxygen atoms in total. The van der Waals surface area contributed by atoms with Crippen molar-refractivity contribution < 1.29 is 9.53 Å². The van der Waals surface area contributed by atoms with Gasteiger partial charge in [0.15, 0.2) is 0 Å². The number of carbonyl (C=O) groups excluding carboxylic acids is 1. The van der Waals surface area contributed by atoms with Gasteiger partial charge in [-0.3, -0.25) is 4.79 Å². The maximum absolute atomic E-state index is 13.2. The zero-order chi connectivity index (χ0) is 15.6. The third-order valence-corrected chi connectivity index (χ3v) is 5.45. The second kappa shape index (κ2) is 6.25. The van der Waals surface area contributed by atoms with Crippen LogP contribution in [0.3, 0.4) is 0 Å². The Morgan fingerprint density at radius 3 is 2.73 bits per heavy atom. The summed E-state index contributed by atoms with van der Waals surface area (Å²) < 4.78 is 5.66. The lowest BCUT2D eigenvalue weighted by atomic mass is 9.71. The molecule has 3 atom stereocenters. The fourth-order valence-electron chi connectivity index (χ4n) is 4.38. The monoisotopic (exact) mass is 299 g/mol. The summed E-state index contributed by atoms with van der Waals surface area (Å²) in [5.74, 6) is 0.466. The van der Waals surface area contributed by atoms with Crippen LogP contribution in [-0.2, 0) is 4.74 Å². The molecule has 2 aliphatic rings. The molecule has 1 unspecified atom stereocenters. The Bertz CT molecular complexity index is 542. The van der Waals surface area contributed by atoms with Gasteiger partial charge in [0.1, 0.15) is 6.23 Å². The van der Waals surface area contributed by atoms with Gasteiger partial charge >= 0.3 is 0 Å². The summed E-state index contributed by atoms with van der Waals surface area (Å²) in [4.78, 5) is 15.2. The molecule has 1 aliphatic heterocycles. The van der Waals surface area contributed by atoms with Crippen molar-refractivity contribution in [2.45, 2.75) is 50.3 Å². The van der Waals surface area contributed by atoms with E-state index in [1.165, 1.54) is 12.8 Å². The third kappa shape index (κ3) is 2.38. The molecule has 22 heavy (non-hydrogen) atoms. The molecule has 0 N–H and O–H groups in total. The van der Waals surface area contributed by atoms with Gasteiger partial charge in [-0.1, -0.05) is 37.1 Å².